The van der Waals surface area contributed by atoms with Gasteiger partial charge in [-0.2, -0.15) is 5.10 Å². The molecule has 8 heteroatoms. The number of rotatable bonds is 8. The topological polar surface area (TPSA) is 81.8 Å². The van der Waals surface area contributed by atoms with Crippen molar-refractivity contribution in [2.24, 2.45) is 0 Å². The van der Waals surface area contributed by atoms with Gasteiger partial charge in [0.25, 0.3) is 5.56 Å². The van der Waals surface area contributed by atoms with Crippen molar-refractivity contribution in [1.29, 1.82) is 0 Å². The maximum Gasteiger partial charge on any atom is 0.264 e. The van der Waals surface area contributed by atoms with E-state index in [0.717, 1.165) is 5.56 Å². The maximum atomic E-state index is 12.7. The van der Waals surface area contributed by atoms with E-state index in [1.54, 1.807) is 22.9 Å². The summed E-state index contributed by atoms with van der Waals surface area (Å²) in [5.41, 5.74) is 1.31. The van der Waals surface area contributed by atoms with Crippen LogP contribution in [-0.2, 0) is 17.9 Å². The van der Waals surface area contributed by atoms with Crippen LogP contribution in [-0.4, -0.2) is 31.8 Å². The summed E-state index contributed by atoms with van der Waals surface area (Å²) in [6, 6.07) is 7.32. The normalized spacial score (nSPS) is 10.9. The van der Waals surface area contributed by atoms with Gasteiger partial charge in [-0.25, -0.2) is 9.67 Å². The molecule has 0 spiro atoms. The zero-order valence-corrected chi connectivity index (χ0v) is 15.5. The molecule has 0 unspecified atom stereocenters. The van der Waals surface area contributed by atoms with E-state index in [1.807, 2.05) is 12.1 Å². The van der Waals surface area contributed by atoms with Crippen molar-refractivity contribution in [3.8, 4) is 0 Å². The molecule has 0 radical (unpaired) electrons. The minimum absolute atomic E-state index is 0.0374. The number of carbonyl (C=O) groups excluding carboxylic acids is 1. The Hall–Kier alpha value is -2.93. The highest BCUT2D eigenvalue weighted by Gasteiger charge is 2.10. The van der Waals surface area contributed by atoms with Gasteiger partial charge in [-0.15, -0.1) is 6.58 Å². The van der Waals surface area contributed by atoms with Crippen molar-refractivity contribution in [3.05, 3.63) is 70.4 Å². The second kappa shape index (κ2) is 8.64. The van der Waals surface area contributed by atoms with E-state index in [-0.39, 0.29) is 11.5 Å². The van der Waals surface area contributed by atoms with E-state index in [4.69, 9.17) is 11.6 Å². The third kappa shape index (κ3) is 4.62. The van der Waals surface area contributed by atoms with E-state index in [9.17, 15) is 9.59 Å². The molecule has 0 fully saturated rings. The van der Waals surface area contributed by atoms with Gasteiger partial charge in [0.05, 0.1) is 19.3 Å². The SMILES string of the molecule is C=CCCC(=O)NCCn1ncc2c(=O)n(Cc3ccc(Cl)cc3)cnc21. The highest BCUT2D eigenvalue weighted by molar-refractivity contribution is 6.30. The van der Waals surface area contributed by atoms with Crippen LogP contribution in [0.1, 0.15) is 18.4 Å². The molecule has 3 aromatic rings. The van der Waals surface area contributed by atoms with Crippen LogP contribution in [0.25, 0.3) is 11.0 Å². The van der Waals surface area contributed by atoms with Crippen molar-refractivity contribution < 1.29 is 4.79 Å². The second-order valence-corrected chi connectivity index (χ2v) is 6.52. The Labute approximate surface area is 161 Å². The Balaban J connectivity index is 1.70. The molecule has 0 saturated heterocycles. The summed E-state index contributed by atoms with van der Waals surface area (Å²) in [4.78, 5) is 28.7. The fraction of sp³-hybridized carbons (Fsp3) is 0.263. The summed E-state index contributed by atoms with van der Waals surface area (Å²) < 4.78 is 3.16. The number of nitrogens with zero attached hydrogens (tertiary/aromatic N) is 4. The zero-order valence-electron chi connectivity index (χ0n) is 14.8. The molecule has 0 aliphatic heterocycles. The molecular formula is C19H20ClN5O2. The van der Waals surface area contributed by atoms with E-state index < -0.39 is 0 Å². The number of fused-ring (bicyclic) bond motifs is 1. The lowest BCUT2D eigenvalue weighted by Gasteiger charge is -2.07. The monoisotopic (exact) mass is 385 g/mol. The Morgan fingerprint density at radius 3 is 2.81 bits per heavy atom. The summed E-state index contributed by atoms with van der Waals surface area (Å²) in [6.45, 7) is 4.86. The molecule has 1 N–H and O–H groups in total. The molecule has 3 rings (SSSR count). The van der Waals surface area contributed by atoms with E-state index in [2.05, 4.69) is 22.0 Å². The Morgan fingerprint density at radius 2 is 2.07 bits per heavy atom. The van der Waals surface area contributed by atoms with Gasteiger partial charge in [0.2, 0.25) is 5.91 Å². The van der Waals surface area contributed by atoms with E-state index in [0.29, 0.717) is 48.5 Å². The third-order valence-corrected chi connectivity index (χ3v) is 4.36. The van der Waals surface area contributed by atoms with Crippen LogP contribution >= 0.6 is 11.6 Å². The Morgan fingerprint density at radius 1 is 1.30 bits per heavy atom. The molecule has 2 heterocycles. The van der Waals surface area contributed by atoms with Crippen LogP contribution in [0.4, 0.5) is 0 Å². The molecule has 140 valence electrons. The molecule has 1 aromatic carbocycles. The predicted molar refractivity (Wildman–Crippen MR) is 105 cm³/mol. The van der Waals surface area contributed by atoms with E-state index >= 15 is 0 Å². The Kier molecular flexibility index (Phi) is 6.03. The number of carbonyl (C=O) groups is 1. The first-order chi connectivity index (χ1) is 13.1. The van der Waals surface area contributed by atoms with Crippen molar-refractivity contribution in [2.45, 2.75) is 25.9 Å². The van der Waals surface area contributed by atoms with Crippen LogP contribution in [0, 0.1) is 0 Å². The molecule has 0 bridgehead atoms. The number of amides is 1. The lowest BCUT2D eigenvalue weighted by molar-refractivity contribution is -0.121. The lowest BCUT2D eigenvalue weighted by atomic mass is 10.2. The fourth-order valence-corrected chi connectivity index (χ4v) is 2.81. The summed E-state index contributed by atoms with van der Waals surface area (Å²) in [5.74, 6) is -0.0374. The fourth-order valence-electron chi connectivity index (χ4n) is 2.68. The number of nitrogens with one attached hydrogen (secondary N) is 1. The molecular weight excluding hydrogens is 366 g/mol. The predicted octanol–water partition coefficient (Wildman–Crippen LogP) is 2.38. The van der Waals surface area contributed by atoms with Crippen molar-refractivity contribution in [1.82, 2.24) is 24.6 Å². The molecule has 0 saturated carbocycles. The van der Waals surface area contributed by atoms with E-state index in [1.165, 1.54) is 17.1 Å². The third-order valence-electron chi connectivity index (χ3n) is 4.11. The minimum Gasteiger partial charge on any atom is -0.354 e. The minimum atomic E-state index is -0.156. The van der Waals surface area contributed by atoms with Gasteiger partial charge in [-0.3, -0.25) is 14.2 Å². The highest BCUT2D eigenvalue weighted by Crippen LogP contribution is 2.11. The molecule has 27 heavy (non-hydrogen) atoms. The van der Waals surface area contributed by atoms with Gasteiger partial charge >= 0.3 is 0 Å². The molecule has 0 atom stereocenters. The quantitative estimate of drug-likeness (QED) is 0.603. The average Bonchev–Trinajstić information content (AvgIpc) is 3.08. The molecule has 0 aliphatic rings. The highest BCUT2D eigenvalue weighted by atomic mass is 35.5. The summed E-state index contributed by atoms with van der Waals surface area (Å²) >= 11 is 5.89. The van der Waals surface area contributed by atoms with Gasteiger partial charge < -0.3 is 5.32 Å². The van der Waals surface area contributed by atoms with Gasteiger partial charge in [-0.1, -0.05) is 29.8 Å². The number of aromatic nitrogens is 4. The van der Waals surface area contributed by atoms with Crippen molar-refractivity contribution in [2.75, 3.05) is 6.54 Å². The molecule has 0 aliphatic carbocycles. The van der Waals surface area contributed by atoms with Crippen LogP contribution in [0.3, 0.4) is 0 Å². The Bertz CT molecular complexity index is 1010. The second-order valence-electron chi connectivity index (χ2n) is 6.09. The molecule has 1 amide bonds. The van der Waals surface area contributed by atoms with Crippen molar-refractivity contribution >= 4 is 28.5 Å². The smallest absolute Gasteiger partial charge is 0.264 e. The largest absolute Gasteiger partial charge is 0.354 e. The number of allylic oxidation sites excluding steroid dienone is 1. The number of hydrogen-bond acceptors (Lipinski definition) is 4. The number of halogens is 1. The van der Waals surface area contributed by atoms with Gasteiger partial charge in [0, 0.05) is 18.0 Å². The maximum absolute atomic E-state index is 12.7. The van der Waals surface area contributed by atoms with Crippen LogP contribution in [0.15, 0.2) is 54.2 Å². The summed E-state index contributed by atoms with van der Waals surface area (Å²) in [7, 11) is 0. The number of hydrogen-bond donors (Lipinski definition) is 1. The van der Waals surface area contributed by atoms with Gasteiger partial charge in [-0.05, 0) is 24.1 Å². The summed E-state index contributed by atoms with van der Waals surface area (Å²) in [6.07, 6.45) is 5.80. The molecule has 2 aromatic heterocycles. The van der Waals surface area contributed by atoms with Crippen LogP contribution in [0.2, 0.25) is 5.02 Å². The first-order valence-corrected chi connectivity index (χ1v) is 8.99. The summed E-state index contributed by atoms with van der Waals surface area (Å²) in [5, 5.41) is 8.14. The van der Waals surface area contributed by atoms with Gasteiger partial charge in [0.1, 0.15) is 11.7 Å². The molecule has 7 nitrogen and oxygen atoms in total. The van der Waals surface area contributed by atoms with Crippen LogP contribution in [0.5, 0.6) is 0 Å². The first-order valence-electron chi connectivity index (χ1n) is 8.61. The lowest BCUT2D eigenvalue weighted by Crippen LogP contribution is -2.27. The average molecular weight is 386 g/mol. The standard InChI is InChI=1S/C19H20ClN5O2/c1-2-3-4-17(26)21-9-10-25-18-16(11-23-25)19(27)24(13-22-18)12-14-5-7-15(20)8-6-14/h2,5-8,11,13H,1,3-4,9-10,12H2,(H,21,26). The van der Waals surface area contributed by atoms with Crippen LogP contribution < -0.4 is 10.9 Å². The first kappa shape index (κ1) is 18.8. The van der Waals surface area contributed by atoms with Gasteiger partial charge in [0.15, 0.2) is 5.65 Å². The zero-order chi connectivity index (χ0) is 19.2. The van der Waals surface area contributed by atoms with Crippen molar-refractivity contribution in [3.63, 3.8) is 0 Å². The number of benzene rings is 1.